The topological polar surface area (TPSA) is 47.6 Å². The zero-order valence-electron chi connectivity index (χ0n) is 14.4. The normalized spacial score (nSPS) is 16.1. The molecule has 1 N–H and O–H groups in total. The van der Waals surface area contributed by atoms with Crippen LogP contribution in [0.3, 0.4) is 0 Å². The number of amides is 1. The van der Waals surface area contributed by atoms with Crippen molar-refractivity contribution in [2.75, 3.05) is 20.8 Å². The average molecular weight is 343 g/mol. The van der Waals surface area contributed by atoms with Crippen LogP contribution in [0.25, 0.3) is 0 Å². The zero-order valence-corrected chi connectivity index (χ0v) is 14.4. The third-order valence-corrected chi connectivity index (χ3v) is 4.76. The van der Waals surface area contributed by atoms with E-state index >= 15 is 0 Å². The SMILES string of the molecule is COc1ccccc1C1(C(=O)NC[C@H](OC)c2cccc(F)c2)CC1. The van der Waals surface area contributed by atoms with Gasteiger partial charge in [0.1, 0.15) is 11.6 Å². The van der Waals surface area contributed by atoms with Crippen LogP contribution in [0.4, 0.5) is 4.39 Å². The van der Waals surface area contributed by atoms with E-state index in [0.717, 1.165) is 24.2 Å². The summed E-state index contributed by atoms with van der Waals surface area (Å²) in [6.07, 6.45) is 1.18. The third-order valence-electron chi connectivity index (χ3n) is 4.76. The Morgan fingerprint density at radius 1 is 1.20 bits per heavy atom. The van der Waals surface area contributed by atoms with E-state index in [1.165, 1.54) is 12.1 Å². The molecule has 0 unspecified atom stereocenters. The maximum atomic E-state index is 13.4. The second-order valence-electron chi connectivity index (χ2n) is 6.27. The summed E-state index contributed by atoms with van der Waals surface area (Å²) >= 11 is 0. The molecule has 2 aromatic carbocycles. The lowest BCUT2D eigenvalue weighted by Gasteiger charge is -2.21. The van der Waals surface area contributed by atoms with Gasteiger partial charge >= 0.3 is 0 Å². The second kappa shape index (κ2) is 7.23. The van der Waals surface area contributed by atoms with Gasteiger partial charge in [0.15, 0.2) is 0 Å². The minimum absolute atomic E-state index is 0.0459. The minimum atomic E-state index is -0.535. The molecule has 1 atom stereocenters. The zero-order chi connectivity index (χ0) is 17.9. The molecule has 5 heteroatoms. The minimum Gasteiger partial charge on any atom is -0.496 e. The molecular formula is C20H22FNO3. The Kier molecular flexibility index (Phi) is 5.04. The van der Waals surface area contributed by atoms with Gasteiger partial charge in [-0.15, -0.1) is 0 Å². The molecule has 132 valence electrons. The number of hydrogen-bond acceptors (Lipinski definition) is 3. The number of methoxy groups -OCH3 is 2. The summed E-state index contributed by atoms with van der Waals surface area (Å²) in [6, 6.07) is 13.8. The maximum absolute atomic E-state index is 13.4. The van der Waals surface area contributed by atoms with Crippen LogP contribution in [0.1, 0.15) is 30.1 Å². The van der Waals surface area contributed by atoms with Crippen LogP contribution in [0.2, 0.25) is 0 Å². The van der Waals surface area contributed by atoms with Gasteiger partial charge in [0.25, 0.3) is 0 Å². The summed E-state index contributed by atoms with van der Waals surface area (Å²) in [6.45, 7) is 0.287. The van der Waals surface area contributed by atoms with E-state index in [2.05, 4.69) is 5.32 Å². The number of carbonyl (C=O) groups is 1. The number of benzene rings is 2. The first-order valence-corrected chi connectivity index (χ1v) is 8.31. The molecule has 0 radical (unpaired) electrons. The van der Waals surface area contributed by atoms with E-state index < -0.39 is 11.5 Å². The van der Waals surface area contributed by atoms with Gasteiger partial charge in [0.05, 0.1) is 18.6 Å². The van der Waals surface area contributed by atoms with E-state index in [4.69, 9.17) is 9.47 Å². The number of nitrogens with one attached hydrogen (secondary N) is 1. The molecule has 0 bridgehead atoms. The van der Waals surface area contributed by atoms with Crippen molar-refractivity contribution in [3.63, 3.8) is 0 Å². The van der Waals surface area contributed by atoms with Gasteiger partial charge in [0.2, 0.25) is 5.91 Å². The van der Waals surface area contributed by atoms with Crippen LogP contribution in [0.5, 0.6) is 5.75 Å². The molecule has 0 spiro atoms. The van der Waals surface area contributed by atoms with Crippen LogP contribution < -0.4 is 10.1 Å². The molecule has 1 saturated carbocycles. The summed E-state index contributed by atoms with van der Waals surface area (Å²) in [5.74, 6) is 0.359. The quantitative estimate of drug-likeness (QED) is 0.838. The van der Waals surface area contributed by atoms with Crippen molar-refractivity contribution in [2.24, 2.45) is 0 Å². The van der Waals surface area contributed by atoms with Crippen molar-refractivity contribution in [1.82, 2.24) is 5.32 Å². The highest BCUT2D eigenvalue weighted by Crippen LogP contribution is 2.51. The lowest BCUT2D eigenvalue weighted by atomic mass is 9.93. The Hall–Kier alpha value is -2.40. The van der Waals surface area contributed by atoms with E-state index in [9.17, 15) is 9.18 Å². The molecule has 2 aromatic rings. The first-order chi connectivity index (χ1) is 12.1. The molecule has 1 fully saturated rings. The smallest absolute Gasteiger partial charge is 0.230 e. The van der Waals surface area contributed by atoms with Crippen molar-refractivity contribution < 1.29 is 18.7 Å². The predicted molar refractivity (Wildman–Crippen MR) is 93.1 cm³/mol. The molecule has 4 nitrogen and oxygen atoms in total. The lowest BCUT2D eigenvalue weighted by Crippen LogP contribution is -2.37. The highest BCUT2D eigenvalue weighted by molar-refractivity contribution is 5.92. The molecule has 1 aliphatic carbocycles. The molecule has 3 rings (SSSR count). The molecular weight excluding hydrogens is 321 g/mol. The molecule has 1 amide bonds. The fourth-order valence-corrected chi connectivity index (χ4v) is 3.18. The Labute approximate surface area is 147 Å². The van der Waals surface area contributed by atoms with E-state index in [-0.39, 0.29) is 18.3 Å². The Morgan fingerprint density at radius 3 is 2.60 bits per heavy atom. The second-order valence-corrected chi connectivity index (χ2v) is 6.27. The summed E-state index contributed by atoms with van der Waals surface area (Å²) in [5, 5.41) is 2.96. The number of rotatable bonds is 7. The first-order valence-electron chi connectivity index (χ1n) is 8.31. The summed E-state index contributed by atoms with van der Waals surface area (Å²) < 4.78 is 24.2. The van der Waals surface area contributed by atoms with E-state index in [1.54, 1.807) is 26.4 Å². The molecule has 0 aromatic heterocycles. The van der Waals surface area contributed by atoms with Crippen LogP contribution in [0.15, 0.2) is 48.5 Å². The van der Waals surface area contributed by atoms with Gasteiger partial charge in [-0.05, 0) is 36.6 Å². The average Bonchev–Trinajstić information content (AvgIpc) is 3.44. The van der Waals surface area contributed by atoms with Gasteiger partial charge in [-0.25, -0.2) is 4.39 Å². The van der Waals surface area contributed by atoms with Gasteiger partial charge in [-0.2, -0.15) is 0 Å². The van der Waals surface area contributed by atoms with Crippen LogP contribution in [-0.2, 0) is 14.9 Å². The largest absolute Gasteiger partial charge is 0.496 e. The van der Waals surface area contributed by atoms with Crippen molar-refractivity contribution in [2.45, 2.75) is 24.4 Å². The maximum Gasteiger partial charge on any atom is 0.230 e. The number of halogens is 1. The van der Waals surface area contributed by atoms with Crippen molar-refractivity contribution in [3.8, 4) is 5.75 Å². The summed E-state index contributed by atoms with van der Waals surface area (Å²) in [4.78, 5) is 12.8. The summed E-state index contributed by atoms with van der Waals surface area (Å²) in [7, 11) is 3.16. The number of hydrogen-bond donors (Lipinski definition) is 1. The lowest BCUT2D eigenvalue weighted by molar-refractivity contribution is -0.124. The number of carbonyl (C=O) groups excluding carboxylic acids is 1. The van der Waals surface area contributed by atoms with E-state index in [1.807, 2.05) is 24.3 Å². The molecule has 0 aliphatic heterocycles. The Morgan fingerprint density at radius 2 is 1.96 bits per heavy atom. The molecule has 0 saturated heterocycles. The summed E-state index contributed by atoms with van der Waals surface area (Å²) in [5.41, 5.74) is 1.08. The third kappa shape index (κ3) is 3.51. The fourth-order valence-electron chi connectivity index (χ4n) is 3.18. The van der Waals surface area contributed by atoms with Gasteiger partial charge < -0.3 is 14.8 Å². The van der Waals surface area contributed by atoms with Gasteiger partial charge in [0, 0.05) is 19.2 Å². The molecule has 0 heterocycles. The monoisotopic (exact) mass is 343 g/mol. The van der Waals surface area contributed by atoms with E-state index in [0.29, 0.717) is 5.56 Å². The van der Waals surface area contributed by atoms with Crippen LogP contribution >= 0.6 is 0 Å². The Bertz CT molecular complexity index is 758. The van der Waals surface area contributed by atoms with Crippen molar-refractivity contribution >= 4 is 5.91 Å². The van der Waals surface area contributed by atoms with Gasteiger partial charge in [-0.3, -0.25) is 4.79 Å². The van der Waals surface area contributed by atoms with Crippen LogP contribution in [0, 0.1) is 5.82 Å². The molecule has 1 aliphatic rings. The van der Waals surface area contributed by atoms with Crippen molar-refractivity contribution in [1.29, 1.82) is 0 Å². The highest BCUT2D eigenvalue weighted by atomic mass is 19.1. The predicted octanol–water partition coefficient (Wildman–Crippen LogP) is 3.37. The first kappa shape index (κ1) is 17.4. The highest BCUT2D eigenvalue weighted by Gasteiger charge is 2.52. The Balaban J connectivity index is 1.71. The standard InChI is InChI=1S/C20H22FNO3/c1-24-17-9-4-3-8-16(17)20(10-11-20)19(23)22-13-18(25-2)14-6-5-7-15(21)12-14/h3-9,12,18H,10-11,13H2,1-2H3,(H,22,23)/t18-/m0/s1. The molecule has 25 heavy (non-hydrogen) atoms. The number of ether oxygens (including phenoxy) is 2. The van der Waals surface area contributed by atoms with Crippen molar-refractivity contribution in [3.05, 3.63) is 65.5 Å². The van der Waals surface area contributed by atoms with Gasteiger partial charge in [-0.1, -0.05) is 30.3 Å². The fraction of sp³-hybridized carbons (Fsp3) is 0.350. The number of para-hydroxylation sites is 1. The van der Waals surface area contributed by atoms with Crippen LogP contribution in [-0.4, -0.2) is 26.7 Å².